The maximum absolute atomic E-state index is 12.8. The number of esters is 1. The highest BCUT2D eigenvalue weighted by Crippen LogP contribution is 2.37. The second-order valence-electron chi connectivity index (χ2n) is 3.68. The molecule has 1 aliphatic rings. The summed E-state index contributed by atoms with van der Waals surface area (Å²) in [6.45, 7) is 1.96. The lowest BCUT2D eigenvalue weighted by Crippen LogP contribution is -2.12. The minimum absolute atomic E-state index is 0.0347. The van der Waals surface area contributed by atoms with Gasteiger partial charge >= 0.3 is 12.1 Å². The van der Waals surface area contributed by atoms with E-state index in [-0.39, 0.29) is 25.6 Å². The van der Waals surface area contributed by atoms with E-state index in [1.54, 1.807) is 0 Å². The van der Waals surface area contributed by atoms with Gasteiger partial charge in [0.2, 0.25) is 12.1 Å². The molecule has 0 aliphatic carbocycles. The molecule has 1 fully saturated rings. The first-order chi connectivity index (χ1) is 8.93. The number of halogens is 3. The molecule has 2 rings (SSSR count). The van der Waals surface area contributed by atoms with Crippen molar-refractivity contribution in [3.05, 3.63) is 23.2 Å². The van der Waals surface area contributed by atoms with Gasteiger partial charge in [0.05, 0.1) is 19.8 Å². The van der Waals surface area contributed by atoms with Gasteiger partial charge < -0.3 is 18.6 Å². The van der Waals surface area contributed by atoms with Gasteiger partial charge in [0.15, 0.2) is 5.76 Å². The average Bonchev–Trinajstić information content (AvgIpc) is 2.97. The summed E-state index contributed by atoms with van der Waals surface area (Å²) in [4.78, 5) is 11.5. The molecule has 1 aliphatic heterocycles. The van der Waals surface area contributed by atoms with Crippen LogP contribution in [0.3, 0.4) is 0 Å². The average molecular weight is 280 g/mol. The Hall–Kier alpha value is -1.54. The highest BCUT2D eigenvalue weighted by molar-refractivity contribution is 5.90. The molecule has 0 amide bonds. The summed E-state index contributed by atoms with van der Waals surface area (Å²) in [6.07, 6.45) is -5.82. The zero-order valence-electron chi connectivity index (χ0n) is 9.95. The molecule has 8 heteroatoms. The van der Waals surface area contributed by atoms with E-state index in [2.05, 4.69) is 9.15 Å². The zero-order valence-corrected chi connectivity index (χ0v) is 9.95. The summed E-state index contributed by atoms with van der Waals surface area (Å²) in [6, 6.07) is 0.941. The number of carbonyl (C=O) groups excluding carboxylic acids is 1. The molecule has 2 heterocycles. The van der Waals surface area contributed by atoms with E-state index in [9.17, 15) is 18.0 Å². The maximum atomic E-state index is 12.8. The van der Waals surface area contributed by atoms with Crippen molar-refractivity contribution < 1.29 is 36.6 Å². The van der Waals surface area contributed by atoms with Crippen LogP contribution in [0.1, 0.15) is 35.1 Å². The highest BCUT2D eigenvalue weighted by Gasteiger charge is 2.42. The van der Waals surface area contributed by atoms with E-state index in [1.165, 1.54) is 6.92 Å². The Morgan fingerprint density at radius 2 is 2.05 bits per heavy atom. The number of hydrogen-bond acceptors (Lipinski definition) is 5. The van der Waals surface area contributed by atoms with Gasteiger partial charge in [0.1, 0.15) is 5.56 Å². The lowest BCUT2D eigenvalue weighted by molar-refractivity contribution is -0.156. The van der Waals surface area contributed by atoms with E-state index >= 15 is 0 Å². The van der Waals surface area contributed by atoms with Crippen LogP contribution in [-0.2, 0) is 20.4 Å². The summed E-state index contributed by atoms with van der Waals surface area (Å²) in [5.74, 6) is -2.70. The normalized spacial score (nSPS) is 16.8. The molecule has 5 nitrogen and oxygen atoms in total. The molecule has 1 aromatic rings. The van der Waals surface area contributed by atoms with Crippen LogP contribution in [0, 0.1) is 0 Å². The largest absolute Gasteiger partial charge is 0.462 e. The molecule has 0 saturated carbocycles. The monoisotopic (exact) mass is 280 g/mol. The van der Waals surface area contributed by atoms with Gasteiger partial charge in [-0.05, 0) is 6.92 Å². The predicted molar refractivity (Wildman–Crippen MR) is 54.3 cm³/mol. The Labute approximate surface area is 106 Å². The van der Waals surface area contributed by atoms with Crippen molar-refractivity contribution in [2.24, 2.45) is 0 Å². The molecule has 0 unspecified atom stereocenters. The van der Waals surface area contributed by atoms with E-state index < -0.39 is 29.8 Å². The van der Waals surface area contributed by atoms with Gasteiger partial charge in [-0.3, -0.25) is 0 Å². The van der Waals surface area contributed by atoms with Gasteiger partial charge in [-0.2, -0.15) is 13.2 Å². The van der Waals surface area contributed by atoms with Gasteiger partial charge in [-0.25, -0.2) is 4.79 Å². The van der Waals surface area contributed by atoms with Crippen molar-refractivity contribution in [2.45, 2.75) is 19.4 Å². The first kappa shape index (κ1) is 13.9. The van der Waals surface area contributed by atoms with Gasteiger partial charge in [-0.1, -0.05) is 0 Å². The molecule has 106 valence electrons. The molecule has 0 spiro atoms. The molecule has 0 radical (unpaired) electrons. The number of alkyl halides is 3. The first-order valence-corrected chi connectivity index (χ1v) is 5.54. The van der Waals surface area contributed by atoms with Crippen LogP contribution in [0.25, 0.3) is 0 Å². The van der Waals surface area contributed by atoms with Crippen molar-refractivity contribution in [3.8, 4) is 0 Å². The lowest BCUT2D eigenvalue weighted by Gasteiger charge is -2.06. The molecule has 19 heavy (non-hydrogen) atoms. The summed E-state index contributed by atoms with van der Waals surface area (Å²) >= 11 is 0. The highest BCUT2D eigenvalue weighted by atomic mass is 19.4. The third kappa shape index (κ3) is 2.90. The smallest absolute Gasteiger partial charge is 0.450 e. The lowest BCUT2D eigenvalue weighted by atomic mass is 10.2. The van der Waals surface area contributed by atoms with Gasteiger partial charge in [0, 0.05) is 6.07 Å². The van der Waals surface area contributed by atoms with Crippen LogP contribution >= 0.6 is 0 Å². The Balaban J connectivity index is 2.36. The molecule has 0 aromatic carbocycles. The fourth-order valence-corrected chi connectivity index (χ4v) is 1.62. The molecule has 1 aromatic heterocycles. The number of rotatable bonds is 3. The van der Waals surface area contributed by atoms with E-state index in [1.807, 2.05) is 0 Å². The SMILES string of the molecule is CCOC(=O)c1cc(C2OCCO2)oc1C(F)(F)F. The van der Waals surface area contributed by atoms with E-state index in [0.29, 0.717) is 0 Å². The Bertz CT molecular complexity index is 459. The fraction of sp³-hybridized carbons (Fsp3) is 0.545. The predicted octanol–water partition coefficient (Wildman–Crippen LogP) is 2.52. The number of carbonyl (C=O) groups is 1. The van der Waals surface area contributed by atoms with Crippen LogP contribution in [0.2, 0.25) is 0 Å². The van der Waals surface area contributed by atoms with Crippen LogP contribution in [-0.4, -0.2) is 25.8 Å². The number of furan rings is 1. The number of ether oxygens (including phenoxy) is 3. The first-order valence-electron chi connectivity index (χ1n) is 5.54. The fourth-order valence-electron chi connectivity index (χ4n) is 1.62. The molecule has 1 saturated heterocycles. The standard InChI is InChI=1S/C11H11F3O5/c1-2-16-9(15)6-5-7(10-17-3-4-18-10)19-8(6)11(12,13)14/h5,10H,2-4H2,1H3. The quantitative estimate of drug-likeness (QED) is 0.796. The minimum atomic E-state index is -4.79. The summed E-state index contributed by atoms with van der Waals surface area (Å²) in [5, 5.41) is 0. The van der Waals surface area contributed by atoms with E-state index in [4.69, 9.17) is 9.47 Å². The maximum Gasteiger partial charge on any atom is 0.450 e. The van der Waals surface area contributed by atoms with Crippen LogP contribution < -0.4 is 0 Å². The Morgan fingerprint density at radius 1 is 1.42 bits per heavy atom. The Morgan fingerprint density at radius 3 is 2.58 bits per heavy atom. The van der Waals surface area contributed by atoms with Crippen molar-refractivity contribution in [1.29, 1.82) is 0 Å². The minimum Gasteiger partial charge on any atom is -0.462 e. The summed E-state index contributed by atoms with van der Waals surface area (Å²) in [7, 11) is 0. The summed E-state index contributed by atoms with van der Waals surface area (Å²) < 4.78 is 57.6. The molecule has 0 bridgehead atoms. The van der Waals surface area contributed by atoms with E-state index in [0.717, 1.165) is 6.07 Å². The molecular weight excluding hydrogens is 269 g/mol. The van der Waals surface area contributed by atoms with Crippen molar-refractivity contribution in [1.82, 2.24) is 0 Å². The Kier molecular flexibility index (Phi) is 3.81. The van der Waals surface area contributed by atoms with Crippen molar-refractivity contribution in [3.63, 3.8) is 0 Å². The second-order valence-corrected chi connectivity index (χ2v) is 3.68. The van der Waals surface area contributed by atoms with Gasteiger partial charge in [0.25, 0.3) is 0 Å². The third-order valence-corrected chi connectivity index (χ3v) is 2.36. The van der Waals surface area contributed by atoms with Crippen LogP contribution in [0.4, 0.5) is 13.2 Å². The molecule has 0 atom stereocenters. The topological polar surface area (TPSA) is 57.9 Å². The number of hydrogen-bond donors (Lipinski definition) is 0. The van der Waals surface area contributed by atoms with Crippen molar-refractivity contribution in [2.75, 3.05) is 19.8 Å². The van der Waals surface area contributed by atoms with Crippen molar-refractivity contribution >= 4 is 5.97 Å². The molecule has 0 N–H and O–H groups in total. The second kappa shape index (κ2) is 5.22. The third-order valence-electron chi connectivity index (χ3n) is 2.36. The van der Waals surface area contributed by atoms with Gasteiger partial charge in [-0.15, -0.1) is 0 Å². The van der Waals surface area contributed by atoms with Crippen LogP contribution in [0.5, 0.6) is 0 Å². The van der Waals surface area contributed by atoms with Crippen LogP contribution in [0.15, 0.2) is 10.5 Å². The summed E-state index contributed by atoms with van der Waals surface area (Å²) in [5.41, 5.74) is -0.677. The zero-order chi connectivity index (χ0) is 14.0. The molecular formula is C11H11F3O5.